The number of urea groups is 1. The summed E-state index contributed by atoms with van der Waals surface area (Å²) in [5, 5.41) is 4.77. The van der Waals surface area contributed by atoms with E-state index in [1.54, 1.807) is 4.90 Å². The molecular formula is C24H26Br3N5O. The molecule has 0 spiro atoms. The molecule has 1 heterocycles. The molecule has 1 saturated carbocycles. The van der Waals surface area contributed by atoms with Gasteiger partial charge in [-0.2, -0.15) is 0 Å². The summed E-state index contributed by atoms with van der Waals surface area (Å²) in [7, 11) is 4.10. The smallest absolute Gasteiger partial charge is 0.319 e. The molecule has 33 heavy (non-hydrogen) atoms. The second-order valence-electron chi connectivity index (χ2n) is 8.51. The molecule has 4 rings (SSSR count). The van der Waals surface area contributed by atoms with Crippen LogP contribution in [-0.4, -0.2) is 37.2 Å². The standard InChI is InChI=1S/C24H26Br3N5O/c1-31(2)21-13-22(30-20-6-4-3-5-17(20)21)29-15-7-9-16(10-8-15)32(24(28)33)23-18(26)11-14(25)12-19(23)27/h3-6,11-13,15-16H,7-10H2,1-2H3,(H2,28,33)(H,29,30). The summed E-state index contributed by atoms with van der Waals surface area (Å²) in [4.78, 5) is 21.1. The number of primary amides is 1. The fourth-order valence-corrected chi connectivity index (χ4v) is 7.17. The van der Waals surface area contributed by atoms with Gasteiger partial charge in [0.1, 0.15) is 5.82 Å². The van der Waals surface area contributed by atoms with E-state index in [4.69, 9.17) is 10.7 Å². The van der Waals surface area contributed by atoms with E-state index in [1.165, 1.54) is 0 Å². The van der Waals surface area contributed by atoms with Crippen LogP contribution in [0.1, 0.15) is 25.7 Å². The lowest BCUT2D eigenvalue weighted by molar-refractivity contribution is 0.248. The number of anilines is 3. The van der Waals surface area contributed by atoms with Crippen molar-refractivity contribution in [3.05, 3.63) is 55.9 Å². The first-order chi connectivity index (χ1) is 15.7. The summed E-state index contributed by atoms with van der Waals surface area (Å²) in [5.41, 5.74) is 8.72. The zero-order chi connectivity index (χ0) is 23.7. The first-order valence-electron chi connectivity index (χ1n) is 10.8. The van der Waals surface area contributed by atoms with E-state index < -0.39 is 6.03 Å². The minimum absolute atomic E-state index is 0.0382. The molecule has 6 nitrogen and oxygen atoms in total. The van der Waals surface area contributed by atoms with Crippen LogP contribution in [0.5, 0.6) is 0 Å². The van der Waals surface area contributed by atoms with Crippen LogP contribution < -0.4 is 20.9 Å². The van der Waals surface area contributed by atoms with Gasteiger partial charge in [0.25, 0.3) is 0 Å². The number of halogens is 3. The van der Waals surface area contributed by atoms with E-state index in [9.17, 15) is 4.79 Å². The van der Waals surface area contributed by atoms with E-state index in [0.717, 1.165) is 67.2 Å². The molecule has 9 heteroatoms. The average molecular weight is 640 g/mol. The van der Waals surface area contributed by atoms with Gasteiger partial charge in [0.2, 0.25) is 0 Å². The lowest BCUT2D eigenvalue weighted by Crippen LogP contribution is -2.47. The number of amides is 2. The summed E-state index contributed by atoms with van der Waals surface area (Å²) >= 11 is 10.7. The highest BCUT2D eigenvalue weighted by Crippen LogP contribution is 2.40. The van der Waals surface area contributed by atoms with E-state index in [-0.39, 0.29) is 12.1 Å². The number of carbonyl (C=O) groups excluding carboxylic acids is 1. The number of fused-ring (bicyclic) bond motifs is 1. The maximum Gasteiger partial charge on any atom is 0.319 e. The Balaban J connectivity index is 1.50. The number of benzene rings is 2. The van der Waals surface area contributed by atoms with Crippen molar-refractivity contribution in [3.8, 4) is 0 Å². The molecule has 174 valence electrons. The summed E-state index contributed by atoms with van der Waals surface area (Å²) in [6.45, 7) is 0. The van der Waals surface area contributed by atoms with Gasteiger partial charge in [0.05, 0.1) is 11.2 Å². The lowest BCUT2D eigenvalue weighted by atomic mass is 9.90. The maximum atomic E-state index is 12.5. The van der Waals surface area contributed by atoms with Crippen molar-refractivity contribution in [2.45, 2.75) is 37.8 Å². The van der Waals surface area contributed by atoms with Crippen molar-refractivity contribution >= 4 is 81.9 Å². The van der Waals surface area contributed by atoms with Crippen molar-refractivity contribution in [1.29, 1.82) is 0 Å². The van der Waals surface area contributed by atoms with Crippen molar-refractivity contribution < 1.29 is 4.79 Å². The number of aromatic nitrogens is 1. The molecule has 3 N–H and O–H groups in total. The molecule has 2 amide bonds. The predicted octanol–water partition coefficient (Wildman–Crippen LogP) is 6.90. The van der Waals surface area contributed by atoms with Crippen LogP contribution in [-0.2, 0) is 0 Å². The number of hydrogen-bond acceptors (Lipinski definition) is 4. The predicted molar refractivity (Wildman–Crippen MR) is 147 cm³/mol. The first kappa shape index (κ1) is 24.3. The van der Waals surface area contributed by atoms with Gasteiger partial charge < -0.3 is 16.0 Å². The van der Waals surface area contributed by atoms with Gasteiger partial charge >= 0.3 is 6.03 Å². The fraction of sp³-hybridized carbons (Fsp3) is 0.333. The molecule has 0 saturated heterocycles. The van der Waals surface area contributed by atoms with Gasteiger partial charge in [-0.15, -0.1) is 0 Å². The Labute approximate surface area is 219 Å². The van der Waals surface area contributed by atoms with E-state index in [0.29, 0.717) is 0 Å². The summed E-state index contributed by atoms with van der Waals surface area (Å²) in [6, 6.07) is 14.0. The SMILES string of the molecule is CN(C)c1cc(NC2CCC(N(C(N)=O)c3c(Br)cc(Br)cc3Br)CC2)nc2ccccc12. The van der Waals surface area contributed by atoms with Crippen LogP contribution >= 0.6 is 47.8 Å². The summed E-state index contributed by atoms with van der Waals surface area (Å²) in [5.74, 6) is 0.881. The molecule has 0 radical (unpaired) electrons. The number of para-hydroxylation sites is 1. The van der Waals surface area contributed by atoms with Crippen LogP contribution in [0, 0.1) is 0 Å². The highest BCUT2D eigenvalue weighted by molar-refractivity contribution is 9.11. The Bertz CT molecular complexity index is 1150. The molecule has 1 aliphatic rings. The topological polar surface area (TPSA) is 74.5 Å². The largest absolute Gasteiger partial charge is 0.377 e. The molecule has 0 atom stereocenters. The van der Waals surface area contributed by atoms with Crippen molar-refractivity contribution in [2.75, 3.05) is 29.2 Å². The van der Waals surface area contributed by atoms with Crippen LogP contribution in [0.3, 0.4) is 0 Å². The van der Waals surface area contributed by atoms with Crippen LogP contribution in [0.15, 0.2) is 55.9 Å². The molecule has 2 aromatic carbocycles. The highest BCUT2D eigenvalue weighted by atomic mass is 79.9. The number of nitrogens with two attached hydrogens (primary N) is 1. The van der Waals surface area contributed by atoms with Gasteiger partial charge in [-0.1, -0.05) is 34.1 Å². The average Bonchev–Trinajstić information content (AvgIpc) is 2.76. The number of nitrogens with one attached hydrogen (secondary N) is 1. The third kappa shape index (κ3) is 5.30. The van der Waals surface area contributed by atoms with Crippen LogP contribution in [0.4, 0.5) is 22.0 Å². The fourth-order valence-electron chi connectivity index (χ4n) is 4.53. The van der Waals surface area contributed by atoms with Gasteiger partial charge in [-0.3, -0.25) is 4.90 Å². The zero-order valence-corrected chi connectivity index (χ0v) is 23.2. The molecule has 0 bridgehead atoms. The Kier molecular flexibility index (Phi) is 7.50. The van der Waals surface area contributed by atoms with Crippen molar-refractivity contribution in [1.82, 2.24) is 4.98 Å². The molecule has 0 aliphatic heterocycles. The Morgan fingerprint density at radius 1 is 1.03 bits per heavy atom. The molecule has 1 aliphatic carbocycles. The number of rotatable bonds is 5. The first-order valence-corrected chi connectivity index (χ1v) is 13.2. The van der Waals surface area contributed by atoms with Crippen LogP contribution in [0.25, 0.3) is 10.9 Å². The van der Waals surface area contributed by atoms with Gasteiger partial charge in [-0.05, 0) is 75.7 Å². The monoisotopic (exact) mass is 637 g/mol. The number of hydrogen-bond donors (Lipinski definition) is 2. The zero-order valence-electron chi connectivity index (χ0n) is 18.5. The van der Waals surface area contributed by atoms with Gasteiger partial charge in [0, 0.05) is 56.7 Å². The highest BCUT2D eigenvalue weighted by Gasteiger charge is 2.31. The van der Waals surface area contributed by atoms with Gasteiger partial charge in [-0.25, -0.2) is 9.78 Å². The molecule has 0 unspecified atom stereocenters. The number of nitrogens with zero attached hydrogens (tertiary/aromatic N) is 3. The third-order valence-corrected chi connectivity index (χ3v) is 7.72. The minimum Gasteiger partial charge on any atom is -0.377 e. The Hall–Kier alpha value is -1.84. The van der Waals surface area contributed by atoms with E-state index in [1.807, 2.05) is 44.4 Å². The lowest BCUT2D eigenvalue weighted by Gasteiger charge is -2.37. The second-order valence-corrected chi connectivity index (χ2v) is 11.1. The Morgan fingerprint density at radius 2 is 1.67 bits per heavy atom. The molecule has 3 aromatic rings. The quantitative estimate of drug-likeness (QED) is 0.319. The van der Waals surface area contributed by atoms with E-state index in [2.05, 4.69) is 70.1 Å². The van der Waals surface area contributed by atoms with E-state index >= 15 is 0 Å². The number of carbonyl (C=O) groups is 1. The summed E-state index contributed by atoms with van der Waals surface area (Å²) < 4.78 is 2.56. The van der Waals surface area contributed by atoms with Crippen molar-refractivity contribution in [2.24, 2.45) is 5.73 Å². The molecule has 1 fully saturated rings. The second kappa shape index (κ2) is 10.2. The molecular weight excluding hydrogens is 614 g/mol. The molecule has 1 aromatic heterocycles. The minimum atomic E-state index is -0.443. The summed E-state index contributed by atoms with van der Waals surface area (Å²) in [6.07, 6.45) is 3.55. The third-order valence-electron chi connectivity index (χ3n) is 6.05. The Morgan fingerprint density at radius 3 is 2.27 bits per heavy atom. The van der Waals surface area contributed by atoms with Crippen LogP contribution in [0.2, 0.25) is 0 Å². The van der Waals surface area contributed by atoms with Gasteiger partial charge in [0.15, 0.2) is 0 Å². The normalized spacial score (nSPS) is 18.2. The van der Waals surface area contributed by atoms with Crippen molar-refractivity contribution in [3.63, 3.8) is 0 Å². The maximum absolute atomic E-state index is 12.5. The number of pyridine rings is 1.